The van der Waals surface area contributed by atoms with Gasteiger partial charge in [-0.2, -0.15) is 0 Å². The normalized spacial score (nSPS) is 12.7. The maximum absolute atomic E-state index is 6.76. The van der Waals surface area contributed by atoms with Crippen LogP contribution in [0.5, 0.6) is 0 Å². The molecule has 306 valence electrons. The Balaban J connectivity index is 1.04. The molecule has 4 nitrogen and oxygen atoms in total. The molecule has 1 aliphatic rings. The standard InChI is InChI=1S/C61H40N2O2/c1-4-19-41(20-5-1)61(51-30-13-10-27-47(51)48-28-11-14-31-52(48)61)42-21-16-26-45(39-42)62(43-22-6-2-7-23-43)46-37-38-56-50(40-46)60-54(33-18-36-58(60)65-56)63(44-24-8-3-9-25-44)53-32-17-35-57-59(53)49-29-12-15-34-55(49)64-57/h1-40H. The van der Waals surface area contributed by atoms with Crippen molar-refractivity contribution < 1.29 is 8.83 Å². The van der Waals surface area contributed by atoms with Crippen LogP contribution in [0.2, 0.25) is 0 Å². The van der Waals surface area contributed by atoms with Crippen LogP contribution in [0.4, 0.5) is 34.1 Å². The summed E-state index contributed by atoms with van der Waals surface area (Å²) >= 11 is 0. The Morgan fingerprint density at radius 3 is 1.42 bits per heavy atom. The van der Waals surface area contributed by atoms with Crippen molar-refractivity contribution in [2.45, 2.75) is 5.41 Å². The molecule has 65 heavy (non-hydrogen) atoms. The molecule has 4 heteroatoms. The van der Waals surface area contributed by atoms with Crippen molar-refractivity contribution in [1.82, 2.24) is 0 Å². The van der Waals surface area contributed by atoms with Crippen molar-refractivity contribution in [3.8, 4) is 11.1 Å². The minimum Gasteiger partial charge on any atom is -0.456 e. The molecule has 10 aromatic carbocycles. The fraction of sp³-hybridized carbons (Fsp3) is 0.0164. The highest BCUT2D eigenvalue weighted by Crippen LogP contribution is 2.57. The lowest BCUT2D eigenvalue weighted by molar-refractivity contribution is 0.668. The minimum atomic E-state index is -0.531. The average molecular weight is 833 g/mol. The van der Waals surface area contributed by atoms with Gasteiger partial charge in [0.1, 0.15) is 22.3 Å². The summed E-state index contributed by atoms with van der Waals surface area (Å²) in [6.07, 6.45) is 0. The molecule has 1 aliphatic carbocycles. The van der Waals surface area contributed by atoms with Gasteiger partial charge in [0.2, 0.25) is 0 Å². The van der Waals surface area contributed by atoms with Crippen molar-refractivity contribution in [2.24, 2.45) is 0 Å². The second-order valence-corrected chi connectivity index (χ2v) is 16.8. The number of anilines is 6. The number of nitrogens with zero attached hydrogens (tertiary/aromatic N) is 2. The van der Waals surface area contributed by atoms with Gasteiger partial charge in [-0.25, -0.2) is 0 Å². The highest BCUT2D eigenvalue weighted by atomic mass is 16.3. The van der Waals surface area contributed by atoms with Gasteiger partial charge in [0.15, 0.2) is 0 Å². The summed E-state index contributed by atoms with van der Waals surface area (Å²) in [5, 5.41) is 4.19. The molecule has 0 saturated heterocycles. The third kappa shape index (κ3) is 5.64. The van der Waals surface area contributed by atoms with E-state index in [2.05, 4.69) is 240 Å². The van der Waals surface area contributed by atoms with E-state index in [4.69, 9.17) is 8.83 Å². The van der Waals surface area contributed by atoms with E-state index in [0.29, 0.717) is 0 Å². The van der Waals surface area contributed by atoms with Crippen molar-refractivity contribution in [3.63, 3.8) is 0 Å². The van der Waals surface area contributed by atoms with E-state index in [0.717, 1.165) is 78.0 Å². The third-order valence-electron chi connectivity index (χ3n) is 13.3. The van der Waals surface area contributed by atoms with Gasteiger partial charge in [0.05, 0.1) is 27.6 Å². The first-order chi connectivity index (χ1) is 32.3. The summed E-state index contributed by atoms with van der Waals surface area (Å²) in [5.41, 5.74) is 16.6. The van der Waals surface area contributed by atoms with Gasteiger partial charge in [0, 0.05) is 33.5 Å². The number of para-hydroxylation sites is 3. The Hall–Kier alpha value is -8.60. The van der Waals surface area contributed by atoms with E-state index in [9.17, 15) is 0 Å². The van der Waals surface area contributed by atoms with Crippen LogP contribution in [-0.2, 0) is 5.41 Å². The Kier molecular flexibility index (Phi) is 8.40. The van der Waals surface area contributed by atoms with Gasteiger partial charge in [-0.05, 0) is 118 Å². The van der Waals surface area contributed by atoms with Crippen molar-refractivity contribution >= 4 is 78.0 Å². The Bertz CT molecular complexity index is 3690. The lowest BCUT2D eigenvalue weighted by Crippen LogP contribution is -2.28. The summed E-state index contributed by atoms with van der Waals surface area (Å²) in [6, 6.07) is 86.9. The van der Waals surface area contributed by atoms with E-state index >= 15 is 0 Å². The maximum Gasteiger partial charge on any atom is 0.137 e. The maximum atomic E-state index is 6.76. The van der Waals surface area contributed by atoms with Gasteiger partial charge in [-0.15, -0.1) is 0 Å². The monoisotopic (exact) mass is 832 g/mol. The van der Waals surface area contributed by atoms with Crippen LogP contribution in [0.25, 0.3) is 55.0 Å². The Morgan fingerprint density at radius 2 is 0.754 bits per heavy atom. The van der Waals surface area contributed by atoms with Crippen LogP contribution in [0.1, 0.15) is 22.3 Å². The molecule has 0 N–H and O–H groups in total. The number of furan rings is 2. The molecule has 0 atom stereocenters. The summed E-state index contributed by atoms with van der Waals surface area (Å²) in [6.45, 7) is 0. The number of hydrogen-bond acceptors (Lipinski definition) is 4. The predicted molar refractivity (Wildman–Crippen MR) is 268 cm³/mol. The molecule has 0 fully saturated rings. The van der Waals surface area contributed by atoms with E-state index in [1.165, 1.54) is 33.4 Å². The second kappa shape index (κ2) is 14.8. The second-order valence-electron chi connectivity index (χ2n) is 16.8. The topological polar surface area (TPSA) is 32.8 Å². The first-order valence-corrected chi connectivity index (χ1v) is 22.2. The highest BCUT2D eigenvalue weighted by molar-refractivity contribution is 6.18. The van der Waals surface area contributed by atoms with Crippen LogP contribution < -0.4 is 9.80 Å². The van der Waals surface area contributed by atoms with Crippen LogP contribution in [0.15, 0.2) is 251 Å². The zero-order valence-electron chi connectivity index (χ0n) is 35.3. The summed E-state index contributed by atoms with van der Waals surface area (Å²) in [5.74, 6) is 0. The van der Waals surface area contributed by atoms with Gasteiger partial charge >= 0.3 is 0 Å². The molecule has 0 bridgehead atoms. The first-order valence-electron chi connectivity index (χ1n) is 22.2. The Labute approximate surface area is 376 Å². The minimum absolute atomic E-state index is 0.531. The number of benzene rings is 10. The quantitative estimate of drug-likeness (QED) is 0.153. The number of hydrogen-bond donors (Lipinski definition) is 0. The molecule has 2 heterocycles. The zero-order valence-corrected chi connectivity index (χ0v) is 35.3. The van der Waals surface area contributed by atoms with Crippen molar-refractivity contribution in [1.29, 1.82) is 0 Å². The zero-order chi connectivity index (χ0) is 42.9. The lowest BCUT2D eigenvalue weighted by atomic mass is 9.67. The van der Waals surface area contributed by atoms with Crippen LogP contribution >= 0.6 is 0 Å². The average Bonchev–Trinajstić information content (AvgIpc) is 4.04. The summed E-state index contributed by atoms with van der Waals surface area (Å²) in [7, 11) is 0. The van der Waals surface area contributed by atoms with Crippen LogP contribution in [0, 0.1) is 0 Å². The van der Waals surface area contributed by atoms with Crippen LogP contribution in [-0.4, -0.2) is 0 Å². The van der Waals surface area contributed by atoms with Crippen molar-refractivity contribution in [2.75, 3.05) is 9.80 Å². The first kappa shape index (κ1) is 37.0. The summed E-state index contributed by atoms with van der Waals surface area (Å²) < 4.78 is 13.2. The number of fused-ring (bicyclic) bond motifs is 9. The smallest absolute Gasteiger partial charge is 0.137 e. The largest absolute Gasteiger partial charge is 0.456 e. The predicted octanol–water partition coefficient (Wildman–Crippen LogP) is 16.8. The molecule has 0 unspecified atom stereocenters. The van der Waals surface area contributed by atoms with Gasteiger partial charge in [-0.3, -0.25) is 0 Å². The van der Waals surface area contributed by atoms with Gasteiger partial charge < -0.3 is 18.6 Å². The Morgan fingerprint density at radius 1 is 0.292 bits per heavy atom. The third-order valence-corrected chi connectivity index (χ3v) is 13.3. The molecule has 0 saturated carbocycles. The molecular formula is C61H40N2O2. The molecule has 12 aromatic rings. The lowest BCUT2D eigenvalue weighted by Gasteiger charge is -2.35. The molecule has 0 aliphatic heterocycles. The SMILES string of the molecule is c1ccc(N(c2cccc(C3(c4ccccc4)c4ccccc4-c4ccccc43)c2)c2ccc3oc4cccc(N(c5ccccc5)c5cccc6oc7ccccc7c56)c4c3c2)cc1. The van der Waals surface area contributed by atoms with E-state index in [1.54, 1.807) is 0 Å². The van der Waals surface area contributed by atoms with E-state index in [1.807, 2.05) is 12.1 Å². The molecule has 0 spiro atoms. The molecule has 0 radical (unpaired) electrons. The van der Waals surface area contributed by atoms with Crippen LogP contribution in [0.3, 0.4) is 0 Å². The fourth-order valence-corrected chi connectivity index (χ4v) is 10.7. The molecular weight excluding hydrogens is 793 g/mol. The molecule has 13 rings (SSSR count). The fourth-order valence-electron chi connectivity index (χ4n) is 10.7. The van der Waals surface area contributed by atoms with E-state index in [-0.39, 0.29) is 0 Å². The molecule has 0 amide bonds. The van der Waals surface area contributed by atoms with Gasteiger partial charge in [-0.1, -0.05) is 158 Å². The highest BCUT2D eigenvalue weighted by Gasteiger charge is 2.46. The molecule has 2 aromatic heterocycles. The summed E-state index contributed by atoms with van der Waals surface area (Å²) in [4.78, 5) is 4.73. The number of rotatable bonds is 8. The van der Waals surface area contributed by atoms with Crippen molar-refractivity contribution in [3.05, 3.63) is 265 Å². The van der Waals surface area contributed by atoms with Gasteiger partial charge in [0.25, 0.3) is 0 Å². The van der Waals surface area contributed by atoms with E-state index < -0.39 is 5.41 Å².